The fourth-order valence-electron chi connectivity index (χ4n) is 1.67. The number of nitrogens with zero attached hydrogens (tertiary/aromatic N) is 2. The molecule has 0 aliphatic carbocycles. The second-order valence-corrected chi connectivity index (χ2v) is 4.04. The highest BCUT2D eigenvalue weighted by Crippen LogP contribution is 2.27. The predicted molar refractivity (Wildman–Crippen MR) is 73.0 cm³/mol. The van der Waals surface area contributed by atoms with E-state index >= 15 is 0 Å². The van der Waals surface area contributed by atoms with E-state index in [9.17, 15) is 14.9 Å². The summed E-state index contributed by atoms with van der Waals surface area (Å²) >= 11 is 0. The molecule has 2 rings (SSSR count). The van der Waals surface area contributed by atoms with Gasteiger partial charge in [-0.2, -0.15) is 0 Å². The van der Waals surface area contributed by atoms with Gasteiger partial charge in [-0.05, 0) is 24.3 Å². The van der Waals surface area contributed by atoms with Crippen LogP contribution in [-0.4, -0.2) is 23.0 Å². The normalized spacial score (nSPS) is 9.95. The summed E-state index contributed by atoms with van der Waals surface area (Å²) in [5.74, 6) is -0.576. The van der Waals surface area contributed by atoms with E-state index in [4.69, 9.17) is 9.47 Å². The third kappa shape index (κ3) is 3.53. The summed E-state index contributed by atoms with van der Waals surface area (Å²) in [7, 11) is 1.32. The lowest BCUT2D eigenvalue weighted by Gasteiger charge is -2.06. The van der Waals surface area contributed by atoms with Gasteiger partial charge in [0.2, 0.25) is 0 Å². The maximum absolute atomic E-state index is 11.9. The molecule has 0 saturated carbocycles. The van der Waals surface area contributed by atoms with Gasteiger partial charge in [0.1, 0.15) is 6.61 Å². The van der Waals surface area contributed by atoms with E-state index in [0.717, 1.165) is 6.07 Å². The Morgan fingerprint density at radius 2 is 2.14 bits per heavy atom. The molecule has 108 valence electrons. The SMILES string of the molecule is COc1ccc(C(=O)OCc2ccccn2)cc1[N+](=O)[O-]. The summed E-state index contributed by atoms with van der Waals surface area (Å²) in [4.78, 5) is 26.2. The number of benzene rings is 1. The second kappa shape index (κ2) is 6.47. The molecule has 1 aromatic heterocycles. The van der Waals surface area contributed by atoms with Crippen molar-refractivity contribution >= 4 is 11.7 Å². The largest absolute Gasteiger partial charge is 0.490 e. The number of nitro groups is 1. The van der Waals surface area contributed by atoms with Crippen LogP contribution in [0.25, 0.3) is 0 Å². The summed E-state index contributed by atoms with van der Waals surface area (Å²) in [6.07, 6.45) is 1.58. The highest BCUT2D eigenvalue weighted by atomic mass is 16.6. The number of rotatable bonds is 5. The molecular formula is C14H12N2O5. The van der Waals surface area contributed by atoms with Crippen LogP contribution >= 0.6 is 0 Å². The fourth-order valence-corrected chi connectivity index (χ4v) is 1.67. The van der Waals surface area contributed by atoms with Crippen molar-refractivity contribution < 1.29 is 19.2 Å². The molecule has 21 heavy (non-hydrogen) atoms. The lowest BCUT2D eigenvalue weighted by Crippen LogP contribution is -2.07. The zero-order chi connectivity index (χ0) is 15.2. The first kappa shape index (κ1) is 14.4. The fraction of sp³-hybridized carbons (Fsp3) is 0.143. The second-order valence-electron chi connectivity index (χ2n) is 4.04. The molecule has 2 aromatic rings. The molecule has 1 heterocycles. The lowest BCUT2D eigenvalue weighted by atomic mass is 10.2. The molecule has 0 radical (unpaired) electrons. The molecule has 0 N–H and O–H groups in total. The van der Waals surface area contributed by atoms with Crippen molar-refractivity contribution in [2.45, 2.75) is 6.61 Å². The van der Waals surface area contributed by atoms with Crippen LogP contribution in [0.2, 0.25) is 0 Å². The van der Waals surface area contributed by atoms with Gasteiger partial charge in [0, 0.05) is 12.3 Å². The molecule has 7 heteroatoms. The van der Waals surface area contributed by atoms with Crippen LogP contribution in [0.15, 0.2) is 42.6 Å². The number of methoxy groups -OCH3 is 1. The molecule has 0 unspecified atom stereocenters. The Hall–Kier alpha value is -2.96. The number of hydrogen-bond acceptors (Lipinski definition) is 6. The van der Waals surface area contributed by atoms with Crippen LogP contribution in [0, 0.1) is 10.1 Å². The predicted octanol–water partition coefficient (Wildman–Crippen LogP) is 2.36. The van der Waals surface area contributed by atoms with Crippen LogP contribution < -0.4 is 4.74 Å². The summed E-state index contributed by atoms with van der Waals surface area (Å²) in [6.45, 7) is -0.000496. The van der Waals surface area contributed by atoms with Crippen LogP contribution in [0.1, 0.15) is 16.1 Å². The minimum Gasteiger partial charge on any atom is -0.490 e. The molecule has 1 aromatic carbocycles. The van der Waals surface area contributed by atoms with Gasteiger partial charge in [0.15, 0.2) is 5.75 Å². The molecule has 0 amide bonds. The Balaban J connectivity index is 2.12. The number of carbonyl (C=O) groups excluding carboxylic acids is 1. The smallest absolute Gasteiger partial charge is 0.338 e. The van der Waals surface area contributed by atoms with Crippen molar-refractivity contribution in [2.24, 2.45) is 0 Å². The zero-order valence-electron chi connectivity index (χ0n) is 11.2. The van der Waals surface area contributed by atoms with Crippen molar-refractivity contribution in [3.05, 3.63) is 64.0 Å². The van der Waals surface area contributed by atoms with Gasteiger partial charge in [0.25, 0.3) is 0 Å². The average molecular weight is 288 g/mol. The number of aromatic nitrogens is 1. The summed E-state index contributed by atoms with van der Waals surface area (Å²) in [6, 6.07) is 9.12. The van der Waals surface area contributed by atoms with Gasteiger partial charge in [-0.25, -0.2) is 4.79 Å². The maximum Gasteiger partial charge on any atom is 0.338 e. The summed E-state index contributed by atoms with van der Waals surface area (Å²) in [5.41, 5.74) is 0.386. The van der Waals surface area contributed by atoms with Crippen molar-refractivity contribution in [1.82, 2.24) is 4.98 Å². The number of hydrogen-bond donors (Lipinski definition) is 0. The lowest BCUT2D eigenvalue weighted by molar-refractivity contribution is -0.385. The van der Waals surface area contributed by atoms with Gasteiger partial charge in [-0.1, -0.05) is 6.07 Å². The first-order valence-electron chi connectivity index (χ1n) is 6.01. The van der Waals surface area contributed by atoms with Gasteiger partial charge in [0.05, 0.1) is 23.3 Å². The first-order valence-corrected chi connectivity index (χ1v) is 6.01. The van der Waals surface area contributed by atoms with Crippen molar-refractivity contribution in [2.75, 3.05) is 7.11 Å². The Kier molecular flexibility index (Phi) is 4.45. The third-order valence-corrected chi connectivity index (χ3v) is 2.69. The van der Waals surface area contributed by atoms with Gasteiger partial charge >= 0.3 is 11.7 Å². The van der Waals surface area contributed by atoms with Gasteiger partial charge < -0.3 is 9.47 Å². The molecule has 0 aliphatic rings. The first-order chi connectivity index (χ1) is 10.1. The van der Waals surface area contributed by atoms with E-state index < -0.39 is 10.9 Å². The van der Waals surface area contributed by atoms with E-state index in [1.54, 1.807) is 24.4 Å². The van der Waals surface area contributed by atoms with Crippen molar-refractivity contribution in [3.63, 3.8) is 0 Å². The van der Waals surface area contributed by atoms with Crippen LogP contribution in [0.3, 0.4) is 0 Å². The number of esters is 1. The Morgan fingerprint density at radius 3 is 2.76 bits per heavy atom. The Bertz CT molecular complexity index is 658. The van der Waals surface area contributed by atoms with E-state index in [1.165, 1.54) is 19.2 Å². The molecule has 0 atom stereocenters. The Labute approximate surface area is 120 Å². The highest BCUT2D eigenvalue weighted by Gasteiger charge is 2.18. The highest BCUT2D eigenvalue weighted by molar-refractivity contribution is 5.90. The molecule has 0 fully saturated rings. The standard InChI is InChI=1S/C14H12N2O5/c1-20-13-6-5-10(8-12(13)16(18)19)14(17)21-9-11-4-2-3-7-15-11/h2-8H,9H2,1H3. The van der Waals surface area contributed by atoms with Gasteiger partial charge in [-0.3, -0.25) is 15.1 Å². The van der Waals surface area contributed by atoms with E-state index in [0.29, 0.717) is 5.69 Å². The molecule has 7 nitrogen and oxygen atoms in total. The summed E-state index contributed by atoms with van der Waals surface area (Å²) < 4.78 is 9.92. The maximum atomic E-state index is 11.9. The van der Waals surface area contributed by atoms with Crippen molar-refractivity contribution in [1.29, 1.82) is 0 Å². The van der Waals surface area contributed by atoms with Crippen LogP contribution in [-0.2, 0) is 11.3 Å². The molecule has 0 spiro atoms. The molecule has 0 aliphatic heterocycles. The molecule has 0 saturated heterocycles. The van der Waals surface area contributed by atoms with Crippen LogP contribution in [0.4, 0.5) is 5.69 Å². The zero-order valence-corrected chi connectivity index (χ0v) is 11.2. The minimum absolute atomic E-state index is 0.000496. The van der Waals surface area contributed by atoms with E-state index in [-0.39, 0.29) is 23.6 Å². The quantitative estimate of drug-likeness (QED) is 0.476. The molecule has 0 bridgehead atoms. The number of pyridine rings is 1. The monoisotopic (exact) mass is 288 g/mol. The number of carbonyl (C=O) groups is 1. The average Bonchev–Trinajstić information content (AvgIpc) is 2.52. The topological polar surface area (TPSA) is 91.6 Å². The minimum atomic E-state index is -0.661. The Morgan fingerprint density at radius 1 is 1.33 bits per heavy atom. The number of ether oxygens (including phenoxy) is 2. The van der Waals surface area contributed by atoms with E-state index in [2.05, 4.69) is 4.98 Å². The van der Waals surface area contributed by atoms with E-state index in [1.807, 2.05) is 0 Å². The van der Waals surface area contributed by atoms with Crippen molar-refractivity contribution in [3.8, 4) is 5.75 Å². The van der Waals surface area contributed by atoms with Crippen LogP contribution in [0.5, 0.6) is 5.75 Å². The van der Waals surface area contributed by atoms with Gasteiger partial charge in [-0.15, -0.1) is 0 Å². The number of nitro benzene ring substituents is 1. The summed E-state index contributed by atoms with van der Waals surface area (Å²) in [5, 5.41) is 10.9. The third-order valence-electron chi connectivity index (χ3n) is 2.69. The molecular weight excluding hydrogens is 276 g/mol.